The standard InChI is InChI=1S/C15H17ClN2O/c1-3-9-17-15-6-4-5-13(18-15)12-10-11(16)7-8-14(12)19-2/h4-8,10H,3,9H2,1-2H3,(H,17,18). The van der Waals surface area contributed by atoms with E-state index in [1.165, 1.54) is 0 Å². The number of nitrogens with one attached hydrogen (secondary N) is 1. The van der Waals surface area contributed by atoms with E-state index >= 15 is 0 Å². The first-order valence-electron chi connectivity index (χ1n) is 6.29. The molecular weight excluding hydrogens is 260 g/mol. The van der Waals surface area contributed by atoms with Crippen LogP contribution in [0.15, 0.2) is 36.4 Å². The van der Waals surface area contributed by atoms with Crippen LogP contribution in [0.3, 0.4) is 0 Å². The summed E-state index contributed by atoms with van der Waals surface area (Å²) >= 11 is 6.05. The number of hydrogen-bond donors (Lipinski definition) is 1. The van der Waals surface area contributed by atoms with Gasteiger partial charge in [-0.25, -0.2) is 4.98 Å². The Labute approximate surface area is 118 Å². The molecule has 1 heterocycles. The van der Waals surface area contributed by atoms with Crippen LogP contribution in [0.1, 0.15) is 13.3 Å². The van der Waals surface area contributed by atoms with Gasteiger partial charge in [-0.05, 0) is 36.8 Å². The van der Waals surface area contributed by atoms with Crippen molar-refractivity contribution in [2.24, 2.45) is 0 Å². The lowest BCUT2D eigenvalue weighted by Gasteiger charge is -2.10. The fraction of sp³-hybridized carbons (Fsp3) is 0.267. The predicted octanol–water partition coefficient (Wildman–Crippen LogP) is 4.23. The molecule has 4 heteroatoms. The number of ether oxygens (including phenoxy) is 1. The number of anilines is 1. The second kappa shape index (κ2) is 6.43. The summed E-state index contributed by atoms with van der Waals surface area (Å²) in [4.78, 5) is 4.58. The van der Waals surface area contributed by atoms with Gasteiger partial charge in [-0.15, -0.1) is 0 Å². The summed E-state index contributed by atoms with van der Waals surface area (Å²) in [5.41, 5.74) is 1.75. The second-order valence-corrected chi connectivity index (χ2v) is 4.62. The van der Waals surface area contributed by atoms with E-state index in [0.29, 0.717) is 5.02 Å². The van der Waals surface area contributed by atoms with Crippen molar-refractivity contribution in [3.05, 3.63) is 41.4 Å². The third-order valence-corrected chi connectivity index (χ3v) is 2.98. The summed E-state index contributed by atoms with van der Waals surface area (Å²) in [5.74, 6) is 1.63. The molecule has 2 aromatic rings. The minimum absolute atomic E-state index is 0.671. The highest BCUT2D eigenvalue weighted by molar-refractivity contribution is 6.30. The first-order valence-corrected chi connectivity index (χ1v) is 6.67. The molecule has 0 atom stereocenters. The smallest absolute Gasteiger partial charge is 0.128 e. The maximum absolute atomic E-state index is 6.05. The average Bonchev–Trinajstić information content (AvgIpc) is 2.45. The monoisotopic (exact) mass is 276 g/mol. The number of benzene rings is 1. The highest BCUT2D eigenvalue weighted by atomic mass is 35.5. The molecule has 1 aromatic carbocycles. The highest BCUT2D eigenvalue weighted by Gasteiger charge is 2.08. The molecule has 0 saturated heterocycles. The van der Waals surface area contributed by atoms with Crippen LogP contribution < -0.4 is 10.1 Å². The van der Waals surface area contributed by atoms with Gasteiger partial charge in [-0.3, -0.25) is 0 Å². The zero-order chi connectivity index (χ0) is 13.7. The molecule has 0 unspecified atom stereocenters. The number of halogens is 1. The van der Waals surface area contributed by atoms with Gasteiger partial charge in [0.25, 0.3) is 0 Å². The number of hydrogen-bond acceptors (Lipinski definition) is 3. The van der Waals surface area contributed by atoms with Gasteiger partial charge in [0.2, 0.25) is 0 Å². The van der Waals surface area contributed by atoms with Crippen molar-refractivity contribution in [1.82, 2.24) is 4.98 Å². The maximum Gasteiger partial charge on any atom is 0.128 e. The van der Waals surface area contributed by atoms with Crippen molar-refractivity contribution < 1.29 is 4.74 Å². The zero-order valence-corrected chi connectivity index (χ0v) is 11.9. The highest BCUT2D eigenvalue weighted by Crippen LogP contribution is 2.31. The molecule has 0 fully saturated rings. The summed E-state index contributed by atoms with van der Waals surface area (Å²) in [6.07, 6.45) is 1.06. The molecule has 0 saturated carbocycles. The Morgan fingerprint density at radius 2 is 2.11 bits per heavy atom. The number of aromatic nitrogens is 1. The summed E-state index contributed by atoms with van der Waals surface area (Å²) in [5, 5.41) is 3.94. The molecule has 0 amide bonds. The van der Waals surface area contributed by atoms with Crippen LogP contribution in [0, 0.1) is 0 Å². The number of pyridine rings is 1. The first-order chi connectivity index (χ1) is 9.24. The summed E-state index contributed by atoms with van der Waals surface area (Å²) in [7, 11) is 1.64. The van der Waals surface area contributed by atoms with Crippen molar-refractivity contribution in [3.8, 4) is 17.0 Å². The molecule has 0 radical (unpaired) electrons. The van der Waals surface area contributed by atoms with Gasteiger partial charge in [0.15, 0.2) is 0 Å². The van der Waals surface area contributed by atoms with E-state index in [1.54, 1.807) is 7.11 Å². The molecule has 1 aromatic heterocycles. The van der Waals surface area contributed by atoms with Gasteiger partial charge in [0.05, 0.1) is 12.8 Å². The van der Waals surface area contributed by atoms with E-state index in [9.17, 15) is 0 Å². The van der Waals surface area contributed by atoms with Crippen molar-refractivity contribution in [2.75, 3.05) is 19.0 Å². The van der Waals surface area contributed by atoms with Crippen molar-refractivity contribution in [1.29, 1.82) is 0 Å². The molecule has 100 valence electrons. The van der Waals surface area contributed by atoms with Crippen LogP contribution in [0.5, 0.6) is 5.75 Å². The lowest BCUT2D eigenvalue weighted by Crippen LogP contribution is -2.02. The Morgan fingerprint density at radius 1 is 1.26 bits per heavy atom. The van der Waals surface area contributed by atoms with Gasteiger partial charge < -0.3 is 10.1 Å². The molecule has 0 bridgehead atoms. The Hall–Kier alpha value is -1.74. The van der Waals surface area contributed by atoms with E-state index in [4.69, 9.17) is 16.3 Å². The summed E-state index contributed by atoms with van der Waals surface area (Å²) < 4.78 is 5.36. The van der Waals surface area contributed by atoms with Gasteiger partial charge in [0.1, 0.15) is 11.6 Å². The van der Waals surface area contributed by atoms with E-state index in [0.717, 1.165) is 35.8 Å². The van der Waals surface area contributed by atoms with Gasteiger partial charge >= 0.3 is 0 Å². The number of nitrogens with zero attached hydrogens (tertiary/aromatic N) is 1. The van der Waals surface area contributed by atoms with Gasteiger partial charge in [-0.1, -0.05) is 24.6 Å². The third-order valence-electron chi connectivity index (χ3n) is 2.74. The van der Waals surface area contributed by atoms with Gasteiger partial charge in [-0.2, -0.15) is 0 Å². The maximum atomic E-state index is 6.05. The fourth-order valence-corrected chi connectivity index (χ4v) is 1.99. The van der Waals surface area contributed by atoms with Crippen LogP contribution in [0.2, 0.25) is 5.02 Å². The van der Waals surface area contributed by atoms with E-state index in [2.05, 4.69) is 17.2 Å². The zero-order valence-electron chi connectivity index (χ0n) is 11.1. The van der Waals surface area contributed by atoms with Crippen LogP contribution >= 0.6 is 11.6 Å². The SMILES string of the molecule is CCCNc1cccc(-c2cc(Cl)ccc2OC)n1. The minimum atomic E-state index is 0.671. The molecule has 0 spiro atoms. The Kier molecular flexibility index (Phi) is 4.63. The Morgan fingerprint density at radius 3 is 2.84 bits per heavy atom. The van der Waals surface area contributed by atoms with Crippen LogP contribution in [-0.4, -0.2) is 18.6 Å². The number of rotatable bonds is 5. The lowest BCUT2D eigenvalue weighted by atomic mass is 10.1. The lowest BCUT2D eigenvalue weighted by molar-refractivity contribution is 0.416. The average molecular weight is 277 g/mol. The van der Waals surface area contributed by atoms with Crippen molar-refractivity contribution in [2.45, 2.75) is 13.3 Å². The van der Waals surface area contributed by atoms with Crippen molar-refractivity contribution >= 4 is 17.4 Å². The van der Waals surface area contributed by atoms with Crippen LogP contribution in [0.25, 0.3) is 11.3 Å². The summed E-state index contributed by atoms with van der Waals surface area (Å²) in [6, 6.07) is 11.4. The van der Waals surface area contributed by atoms with Crippen LogP contribution in [0.4, 0.5) is 5.82 Å². The molecule has 2 rings (SSSR count). The number of methoxy groups -OCH3 is 1. The molecule has 3 nitrogen and oxygen atoms in total. The quantitative estimate of drug-likeness (QED) is 0.887. The Bertz CT molecular complexity index is 558. The Balaban J connectivity index is 2.38. The van der Waals surface area contributed by atoms with E-state index in [1.807, 2.05) is 36.4 Å². The summed E-state index contributed by atoms with van der Waals surface area (Å²) in [6.45, 7) is 3.03. The normalized spacial score (nSPS) is 10.3. The van der Waals surface area contributed by atoms with Gasteiger partial charge in [0, 0.05) is 17.1 Å². The molecule has 0 aliphatic rings. The largest absolute Gasteiger partial charge is 0.496 e. The van der Waals surface area contributed by atoms with E-state index in [-0.39, 0.29) is 0 Å². The molecular formula is C15H17ClN2O. The first kappa shape index (κ1) is 13.7. The molecule has 1 N–H and O–H groups in total. The van der Waals surface area contributed by atoms with Crippen molar-refractivity contribution in [3.63, 3.8) is 0 Å². The predicted molar refractivity (Wildman–Crippen MR) is 80.0 cm³/mol. The van der Waals surface area contributed by atoms with Crippen LogP contribution in [-0.2, 0) is 0 Å². The minimum Gasteiger partial charge on any atom is -0.496 e. The van der Waals surface area contributed by atoms with E-state index < -0.39 is 0 Å². The second-order valence-electron chi connectivity index (χ2n) is 4.18. The topological polar surface area (TPSA) is 34.1 Å². The molecule has 0 aliphatic carbocycles. The molecule has 0 aliphatic heterocycles. The fourth-order valence-electron chi connectivity index (χ4n) is 1.82. The molecule has 19 heavy (non-hydrogen) atoms. The third kappa shape index (κ3) is 3.38.